The molecule has 1 aliphatic rings. The van der Waals surface area contributed by atoms with Crippen LogP contribution < -0.4 is 10.1 Å². The lowest BCUT2D eigenvalue weighted by Gasteiger charge is -2.20. The minimum atomic E-state index is -3.44. The van der Waals surface area contributed by atoms with Crippen LogP contribution in [0.5, 0.6) is 5.75 Å². The zero-order valence-electron chi connectivity index (χ0n) is 17.5. The number of benzene rings is 2. The highest BCUT2D eigenvalue weighted by molar-refractivity contribution is 7.89. The van der Waals surface area contributed by atoms with E-state index >= 15 is 0 Å². The molecule has 2 aromatic carbocycles. The van der Waals surface area contributed by atoms with Crippen LogP contribution in [0.15, 0.2) is 53.4 Å². The van der Waals surface area contributed by atoms with Gasteiger partial charge in [-0.25, -0.2) is 8.42 Å². The zero-order chi connectivity index (χ0) is 21.4. The van der Waals surface area contributed by atoms with E-state index in [0.29, 0.717) is 37.4 Å². The number of rotatable bonds is 8. The first kappa shape index (κ1) is 22.3. The van der Waals surface area contributed by atoms with E-state index in [1.807, 2.05) is 31.2 Å². The predicted octanol–water partition coefficient (Wildman–Crippen LogP) is 4.22. The lowest BCUT2D eigenvalue weighted by molar-refractivity contribution is -0.116. The van der Waals surface area contributed by atoms with Crippen LogP contribution in [0.3, 0.4) is 0 Å². The number of ether oxygens (including phenoxy) is 1. The summed E-state index contributed by atoms with van der Waals surface area (Å²) in [5.74, 6) is 0.686. The van der Waals surface area contributed by atoms with Crippen molar-refractivity contribution in [1.29, 1.82) is 0 Å². The van der Waals surface area contributed by atoms with Gasteiger partial charge in [0.1, 0.15) is 5.75 Å². The smallest absolute Gasteiger partial charge is 0.243 e. The Morgan fingerprint density at radius 3 is 2.20 bits per heavy atom. The molecule has 7 heteroatoms. The Balaban J connectivity index is 1.53. The minimum absolute atomic E-state index is 0.0829. The van der Waals surface area contributed by atoms with E-state index in [0.717, 1.165) is 42.7 Å². The van der Waals surface area contributed by atoms with Crippen molar-refractivity contribution in [1.82, 2.24) is 4.31 Å². The molecule has 0 spiro atoms. The molecule has 2 aromatic rings. The summed E-state index contributed by atoms with van der Waals surface area (Å²) in [6.45, 7) is 3.71. The fraction of sp³-hybridized carbons (Fsp3) is 0.435. The van der Waals surface area contributed by atoms with Gasteiger partial charge < -0.3 is 10.1 Å². The van der Waals surface area contributed by atoms with Gasteiger partial charge in [-0.15, -0.1) is 0 Å². The SMILES string of the molecule is CCOc1ccc(NC(=O)CCc2ccc(S(=O)(=O)N3CCCCCC3)cc2)cc1. The first-order valence-electron chi connectivity index (χ1n) is 10.6. The van der Waals surface area contributed by atoms with Crippen molar-refractivity contribution in [2.75, 3.05) is 25.0 Å². The summed E-state index contributed by atoms with van der Waals surface area (Å²) in [7, 11) is -3.44. The number of sulfonamides is 1. The van der Waals surface area contributed by atoms with Crippen molar-refractivity contribution in [3.05, 3.63) is 54.1 Å². The molecule has 30 heavy (non-hydrogen) atoms. The molecule has 3 rings (SSSR count). The number of aryl methyl sites for hydroxylation is 1. The third kappa shape index (κ3) is 6.06. The van der Waals surface area contributed by atoms with Gasteiger partial charge in [0.2, 0.25) is 15.9 Å². The molecule has 0 aromatic heterocycles. The summed E-state index contributed by atoms with van der Waals surface area (Å²) in [4.78, 5) is 12.5. The Hall–Kier alpha value is -2.38. The molecule has 162 valence electrons. The van der Waals surface area contributed by atoms with E-state index in [-0.39, 0.29) is 5.91 Å². The second kappa shape index (κ2) is 10.6. The van der Waals surface area contributed by atoms with Gasteiger partial charge in [0.15, 0.2) is 0 Å². The molecule has 1 amide bonds. The van der Waals surface area contributed by atoms with Crippen molar-refractivity contribution in [2.24, 2.45) is 0 Å². The Kier molecular flexibility index (Phi) is 7.87. The van der Waals surface area contributed by atoms with E-state index in [4.69, 9.17) is 4.74 Å². The van der Waals surface area contributed by atoms with E-state index in [2.05, 4.69) is 5.32 Å². The van der Waals surface area contributed by atoms with Crippen LogP contribution in [-0.4, -0.2) is 38.3 Å². The molecule has 6 nitrogen and oxygen atoms in total. The lowest BCUT2D eigenvalue weighted by atomic mass is 10.1. The van der Waals surface area contributed by atoms with Gasteiger partial charge in [0, 0.05) is 25.2 Å². The van der Waals surface area contributed by atoms with Crippen LogP contribution in [0.25, 0.3) is 0 Å². The number of nitrogens with one attached hydrogen (secondary N) is 1. The normalized spacial score (nSPS) is 15.4. The van der Waals surface area contributed by atoms with Gasteiger partial charge in [0.05, 0.1) is 11.5 Å². The molecular weight excluding hydrogens is 400 g/mol. The summed E-state index contributed by atoms with van der Waals surface area (Å²) in [6, 6.07) is 14.2. The number of amides is 1. The van der Waals surface area contributed by atoms with Crippen LogP contribution in [0.4, 0.5) is 5.69 Å². The van der Waals surface area contributed by atoms with Gasteiger partial charge in [-0.3, -0.25) is 4.79 Å². The fourth-order valence-electron chi connectivity index (χ4n) is 3.54. The summed E-state index contributed by atoms with van der Waals surface area (Å²) in [5.41, 5.74) is 1.66. The molecule has 0 bridgehead atoms. The second-order valence-corrected chi connectivity index (χ2v) is 9.41. The Labute approximate surface area is 179 Å². The number of nitrogens with zero attached hydrogens (tertiary/aromatic N) is 1. The molecule has 0 aliphatic carbocycles. The predicted molar refractivity (Wildman–Crippen MR) is 118 cm³/mol. The highest BCUT2D eigenvalue weighted by Crippen LogP contribution is 2.21. The Bertz CT molecular complexity index is 917. The van der Waals surface area contributed by atoms with E-state index in [1.165, 1.54) is 0 Å². The van der Waals surface area contributed by atoms with Crippen molar-refractivity contribution >= 4 is 21.6 Å². The molecule has 1 saturated heterocycles. The molecular formula is C23H30N2O4S. The highest BCUT2D eigenvalue weighted by Gasteiger charge is 2.24. The lowest BCUT2D eigenvalue weighted by Crippen LogP contribution is -2.31. The highest BCUT2D eigenvalue weighted by atomic mass is 32.2. The first-order valence-corrected chi connectivity index (χ1v) is 12.0. The summed E-state index contributed by atoms with van der Waals surface area (Å²) >= 11 is 0. The second-order valence-electron chi connectivity index (χ2n) is 7.47. The van der Waals surface area contributed by atoms with Gasteiger partial charge >= 0.3 is 0 Å². The summed E-state index contributed by atoms with van der Waals surface area (Å²) in [5, 5.41) is 2.87. The van der Waals surface area contributed by atoms with E-state index in [1.54, 1.807) is 28.6 Å². The van der Waals surface area contributed by atoms with Crippen LogP contribution in [0, 0.1) is 0 Å². The Morgan fingerprint density at radius 1 is 0.967 bits per heavy atom. The number of carbonyl (C=O) groups is 1. The Morgan fingerprint density at radius 2 is 1.60 bits per heavy atom. The van der Waals surface area contributed by atoms with Crippen LogP contribution in [-0.2, 0) is 21.2 Å². The van der Waals surface area contributed by atoms with Crippen LogP contribution in [0.1, 0.15) is 44.6 Å². The van der Waals surface area contributed by atoms with Crippen LogP contribution in [0.2, 0.25) is 0 Å². The number of anilines is 1. The number of hydrogen-bond donors (Lipinski definition) is 1. The average Bonchev–Trinajstić information content (AvgIpc) is 3.04. The molecule has 0 saturated carbocycles. The van der Waals surface area contributed by atoms with Crippen molar-refractivity contribution in [3.8, 4) is 5.75 Å². The first-order chi connectivity index (χ1) is 14.5. The summed E-state index contributed by atoms with van der Waals surface area (Å²) < 4.78 is 32.7. The average molecular weight is 431 g/mol. The van der Waals surface area contributed by atoms with Gasteiger partial charge in [-0.2, -0.15) is 4.31 Å². The fourth-order valence-corrected chi connectivity index (χ4v) is 5.06. The third-order valence-electron chi connectivity index (χ3n) is 5.22. The molecule has 1 aliphatic heterocycles. The van der Waals surface area contributed by atoms with Crippen molar-refractivity contribution in [2.45, 2.75) is 50.3 Å². The molecule has 0 unspecified atom stereocenters. The maximum atomic E-state index is 12.8. The largest absolute Gasteiger partial charge is 0.494 e. The third-order valence-corrected chi connectivity index (χ3v) is 7.13. The monoisotopic (exact) mass is 430 g/mol. The molecule has 0 atom stereocenters. The number of hydrogen-bond acceptors (Lipinski definition) is 4. The maximum absolute atomic E-state index is 12.8. The molecule has 1 N–H and O–H groups in total. The summed E-state index contributed by atoms with van der Waals surface area (Å²) in [6.07, 6.45) is 4.88. The van der Waals surface area contributed by atoms with Crippen LogP contribution >= 0.6 is 0 Å². The van der Waals surface area contributed by atoms with Crippen molar-refractivity contribution < 1.29 is 17.9 Å². The zero-order valence-corrected chi connectivity index (χ0v) is 18.3. The minimum Gasteiger partial charge on any atom is -0.494 e. The molecule has 1 heterocycles. The molecule has 1 fully saturated rings. The van der Waals surface area contributed by atoms with Gasteiger partial charge in [0.25, 0.3) is 0 Å². The molecule has 0 radical (unpaired) electrons. The van der Waals surface area contributed by atoms with Crippen molar-refractivity contribution in [3.63, 3.8) is 0 Å². The topological polar surface area (TPSA) is 75.7 Å². The standard InChI is InChI=1S/C23H30N2O4S/c1-2-29-21-12-10-20(11-13-21)24-23(26)16-9-19-7-14-22(15-8-19)30(27,28)25-17-5-3-4-6-18-25/h7-8,10-15H,2-6,9,16-18H2,1H3,(H,24,26). The van der Waals surface area contributed by atoms with Gasteiger partial charge in [-0.05, 0) is 68.1 Å². The quantitative estimate of drug-likeness (QED) is 0.680. The van der Waals surface area contributed by atoms with Gasteiger partial charge in [-0.1, -0.05) is 25.0 Å². The maximum Gasteiger partial charge on any atom is 0.243 e. The van der Waals surface area contributed by atoms with E-state index < -0.39 is 10.0 Å². The van der Waals surface area contributed by atoms with E-state index in [9.17, 15) is 13.2 Å². The number of carbonyl (C=O) groups excluding carboxylic acids is 1.